The molecular formula is C21H21NO8. The van der Waals surface area contributed by atoms with Crippen molar-refractivity contribution in [1.29, 1.82) is 0 Å². The van der Waals surface area contributed by atoms with Gasteiger partial charge in [-0.15, -0.1) is 0 Å². The second-order valence-electron chi connectivity index (χ2n) is 8.15. The van der Waals surface area contributed by atoms with E-state index >= 15 is 0 Å². The van der Waals surface area contributed by atoms with Gasteiger partial charge in [0.2, 0.25) is 5.78 Å². The Bertz CT molecular complexity index is 1100. The number of benzene rings is 1. The molecule has 0 bridgehead atoms. The number of anilines is 1. The lowest BCUT2D eigenvalue weighted by Gasteiger charge is -2.50. The predicted octanol–water partition coefficient (Wildman–Crippen LogP) is 0.798. The molecule has 9 nitrogen and oxygen atoms in total. The normalized spacial score (nSPS) is 33.2. The lowest BCUT2D eigenvalue weighted by molar-refractivity contribution is -0.154. The first kappa shape index (κ1) is 20.1. The van der Waals surface area contributed by atoms with Crippen molar-refractivity contribution in [3.8, 4) is 5.75 Å². The maximum Gasteiger partial charge on any atom is 0.209 e. The summed E-state index contributed by atoms with van der Waals surface area (Å²) in [5, 5.41) is 53.8. The summed E-state index contributed by atoms with van der Waals surface area (Å²) in [7, 11) is 0. The van der Waals surface area contributed by atoms with E-state index in [4.69, 9.17) is 5.73 Å². The quantitative estimate of drug-likeness (QED) is 0.220. The molecule has 4 rings (SSSR count). The number of hydrogen-bond acceptors (Lipinski definition) is 9. The van der Waals surface area contributed by atoms with E-state index in [2.05, 4.69) is 0 Å². The molecule has 0 radical (unpaired) electrons. The SMILES string of the molecule is CC(=O)C1=C(O)CC2[C@@H](O)C3C(=C(O)[C@]2(O)C1=O)C(=O)c1c(ccc(N)c1O)[C@@H]3C. The average molecular weight is 415 g/mol. The number of allylic oxidation sites excluding steroid dienone is 1. The van der Waals surface area contributed by atoms with Gasteiger partial charge in [0.1, 0.15) is 22.8 Å². The van der Waals surface area contributed by atoms with Crippen molar-refractivity contribution in [2.24, 2.45) is 11.8 Å². The van der Waals surface area contributed by atoms with Crippen LogP contribution >= 0.6 is 0 Å². The van der Waals surface area contributed by atoms with Crippen LogP contribution < -0.4 is 5.73 Å². The third-order valence-electron chi connectivity index (χ3n) is 6.64. The summed E-state index contributed by atoms with van der Waals surface area (Å²) in [5.41, 5.74) is 1.98. The van der Waals surface area contributed by atoms with Crippen molar-refractivity contribution >= 4 is 23.0 Å². The van der Waals surface area contributed by atoms with E-state index in [9.17, 15) is 39.9 Å². The van der Waals surface area contributed by atoms with Crippen molar-refractivity contribution in [2.45, 2.75) is 37.9 Å². The third kappa shape index (κ3) is 2.21. The van der Waals surface area contributed by atoms with Crippen LogP contribution in [0.25, 0.3) is 0 Å². The number of rotatable bonds is 1. The van der Waals surface area contributed by atoms with Gasteiger partial charge >= 0.3 is 0 Å². The number of hydrogen-bond donors (Lipinski definition) is 6. The van der Waals surface area contributed by atoms with E-state index in [-0.39, 0.29) is 11.3 Å². The first-order valence-electron chi connectivity index (χ1n) is 9.42. The molecule has 0 aromatic heterocycles. The Morgan fingerprint density at radius 2 is 1.83 bits per heavy atom. The molecule has 2 unspecified atom stereocenters. The minimum Gasteiger partial charge on any atom is -0.511 e. The molecule has 30 heavy (non-hydrogen) atoms. The van der Waals surface area contributed by atoms with Gasteiger partial charge in [0.15, 0.2) is 17.2 Å². The lowest BCUT2D eigenvalue weighted by atomic mass is 9.56. The molecule has 158 valence electrons. The van der Waals surface area contributed by atoms with Crippen LogP contribution in [0.1, 0.15) is 42.1 Å². The van der Waals surface area contributed by atoms with Gasteiger partial charge in [-0.25, -0.2) is 0 Å². The molecule has 7 N–H and O–H groups in total. The molecule has 0 fully saturated rings. The van der Waals surface area contributed by atoms with Crippen LogP contribution in [-0.4, -0.2) is 54.6 Å². The number of fused-ring (bicyclic) bond motifs is 3. The summed E-state index contributed by atoms with van der Waals surface area (Å²) in [6, 6.07) is 2.95. The van der Waals surface area contributed by atoms with Crippen LogP contribution in [0.4, 0.5) is 5.69 Å². The highest BCUT2D eigenvalue weighted by Crippen LogP contribution is 2.55. The molecular weight excluding hydrogens is 394 g/mol. The number of aliphatic hydroxyl groups excluding tert-OH is 3. The predicted molar refractivity (Wildman–Crippen MR) is 103 cm³/mol. The van der Waals surface area contributed by atoms with E-state index in [1.165, 1.54) is 12.1 Å². The molecule has 1 aromatic carbocycles. The van der Waals surface area contributed by atoms with Crippen LogP contribution in [0, 0.1) is 11.8 Å². The smallest absolute Gasteiger partial charge is 0.209 e. The molecule has 0 saturated heterocycles. The topological polar surface area (TPSA) is 178 Å². The molecule has 3 aliphatic rings. The highest BCUT2D eigenvalue weighted by atomic mass is 16.4. The highest BCUT2D eigenvalue weighted by molar-refractivity contribution is 6.25. The molecule has 0 saturated carbocycles. The summed E-state index contributed by atoms with van der Waals surface area (Å²) in [4.78, 5) is 38.0. The Morgan fingerprint density at radius 3 is 2.43 bits per heavy atom. The van der Waals surface area contributed by atoms with Crippen LogP contribution in [0.15, 0.2) is 34.8 Å². The molecule has 1 aromatic rings. The lowest BCUT2D eigenvalue weighted by Crippen LogP contribution is -2.62. The highest BCUT2D eigenvalue weighted by Gasteiger charge is 2.63. The van der Waals surface area contributed by atoms with Gasteiger partial charge in [0.05, 0.1) is 17.4 Å². The van der Waals surface area contributed by atoms with Crippen molar-refractivity contribution in [3.05, 3.63) is 45.9 Å². The van der Waals surface area contributed by atoms with Crippen molar-refractivity contribution in [1.82, 2.24) is 0 Å². The number of carbonyl (C=O) groups excluding carboxylic acids is 3. The van der Waals surface area contributed by atoms with Crippen molar-refractivity contribution < 1.29 is 39.9 Å². The molecule has 9 heteroatoms. The van der Waals surface area contributed by atoms with E-state index in [0.29, 0.717) is 5.56 Å². The third-order valence-corrected chi connectivity index (χ3v) is 6.64. The Kier molecular flexibility index (Phi) is 4.13. The Morgan fingerprint density at radius 1 is 1.20 bits per heavy atom. The Hall–Kier alpha value is -3.17. The Labute approximate surface area is 170 Å². The number of carbonyl (C=O) groups is 3. The number of phenols is 1. The second-order valence-corrected chi connectivity index (χ2v) is 8.15. The number of phenolic OH excluding ortho intramolecular Hbond substituents is 1. The van der Waals surface area contributed by atoms with Crippen LogP contribution in [0.5, 0.6) is 5.75 Å². The van der Waals surface area contributed by atoms with E-state index in [1.807, 2.05) is 0 Å². The van der Waals surface area contributed by atoms with Crippen molar-refractivity contribution in [2.75, 3.05) is 5.73 Å². The van der Waals surface area contributed by atoms with Gasteiger partial charge in [-0.1, -0.05) is 13.0 Å². The molecule has 0 amide bonds. The molecule has 0 heterocycles. The van der Waals surface area contributed by atoms with Crippen LogP contribution in [0.3, 0.4) is 0 Å². The van der Waals surface area contributed by atoms with E-state index in [0.717, 1.165) is 6.92 Å². The van der Waals surface area contributed by atoms with Gasteiger partial charge in [-0.2, -0.15) is 0 Å². The second kappa shape index (κ2) is 6.16. The van der Waals surface area contributed by atoms with Gasteiger partial charge in [0.25, 0.3) is 0 Å². The number of nitrogens with two attached hydrogens (primary N) is 1. The largest absolute Gasteiger partial charge is 0.511 e. The number of Topliss-reactive ketones (excluding diaryl/α,β-unsaturated/α-hetero) is 3. The first-order valence-corrected chi connectivity index (χ1v) is 9.42. The van der Waals surface area contributed by atoms with Crippen LogP contribution in [-0.2, 0) is 9.59 Å². The summed E-state index contributed by atoms with van der Waals surface area (Å²) >= 11 is 0. The summed E-state index contributed by atoms with van der Waals surface area (Å²) in [6.07, 6.45) is -1.94. The number of nitrogen functional groups attached to an aromatic ring is 1. The molecule has 0 spiro atoms. The van der Waals surface area contributed by atoms with Gasteiger partial charge in [-0.05, 0) is 24.5 Å². The maximum atomic E-state index is 13.2. The zero-order valence-electron chi connectivity index (χ0n) is 16.2. The minimum absolute atomic E-state index is 0.0683. The van der Waals surface area contributed by atoms with E-state index in [1.54, 1.807) is 6.92 Å². The summed E-state index contributed by atoms with van der Waals surface area (Å²) in [6.45, 7) is 2.68. The number of ketones is 3. The van der Waals surface area contributed by atoms with Gasteiger partial charge < -0.3 is 31.3 Å². The van der Waals surface area contributed by atoms with Crippen LogP contribution in [0.2, 0.25) is 0 Å². The molecule has 3 aliphatic carbocycles. The summed E-state index contributed by atoms with van der Waals surface area (Å²) < 4.78 is 0. The van der Waals surface area contributed by atoms with Crippen molar-refractivity contribution in [3.63, 3.8) is 0 Å². The van der Waals surface area contributed by atoms with E-state index < -0.39 is 81.6 Å². The summed E-state index contributed by atoms with van der Waals surface area (Å²) in [5.74, 6) is -8.04. The monoisotopic (exact) mass is 415 g/mol. The average Bonchev–Trinajstić information content (AvgIpc) is 2.67. The fourth-order valence-corrected chi connectivity index (χ4v) is 5.12. The molecule has 5 atom stereocenters. The number of aliphatic hydroxyl groups is 4. The fraction of sp³-hybridized carbons (Fsp3) is 0.381. The first-order chi connectivity index (χ1) is 13.9. The van der Waals surface area contributed by atoms with Gasteiger partial charge in [0, 0.05) is 23.8 Å². The number of aromatic hydroxyl groups is 1. The zero-order chi connectivity index (χ0) is 22.3. The minimum atomic E-state index is -2.76. The fourth-order valence-electron chi connectivity index (χ4n) is 5.12. The maximum absolute atomic E-state index is 13.2. The molecule has 0 aliphatic heterocycles. The zero-order valence-corrected chi connectivity index (χ0v) is 16.2. The Balaban J connectivity index is 2.01. The van der Waals surface area contributed by atoms with Gasteiger partial charge in [-0.3, -0.25) is 14.4 Å². The standard InChI is InChI=1S/C21H21NO8/c1-6-8-3-4-10(22)17(26)14(8)18(27)15-12(6)16(25)9-5-11(24)13(7(2)23)19(28)21(9,30)20(15)29/h3-4,6,9,12,16,24-26,29-30H,5,22H2,1-2H3/t6-,9?,12?,16+,21+/m0/s1.